The van der Waals surface area contributed by atoms with Crippen LogP contribution in [-0.4, -0.2) is 38.6 Å². The lowest BCUT2D eigenvalue weighted by Crippen LogP contribution is -2.38. The Morgan fingerprint density at radius 2 is 2.11 bits per heavy atom. The van der Waals surface area contributed by atoms with Gasteiger partial charge in [-0.3, -0.25) is 4.79 Å². The maximum Gasteiger partial charge on any atom is 0.242 e. The van der Waals surface area contributed by atoms with Gasteiger partial charge in [0.2, 0.25) is 11.9 Å². The van der Waals surface area contributed by atoms with Gasteiger partial charge < -0.3 is 10.6 Å². The molecule has 4 aromatic rings. The van der Waals surface area contributed by atoms with Crippen molar-refractivity contribution in [1.82, 2.24) is 24.9 Å². The Bertz CT molecular complexity index is 1150. The van der Waals surface area contributed by atoms with Crippen molar-refractivity contribution in [2.45, 2.75) is 32.7 Å². The van der Waals surface area contributed by atoms with Crippen LogP contribution in [0.15, 0.2) is 35.7 Å². The predicted octanol–water partition coefficient (Wildman–Crippen LogP) is 3.64. The number of carbonyl (C=O) groups excluding carboxylic acids is 1. The van der Waals surface area contributed by atoms with Crippen LogP contribution in [0.4, 0.5) is 5.95 Å². The summed E-state index contributed by atoms with van der Waals surface area (Å²) in [6.07, 6.45) is 1.57. The van der Waals surface area contributed by atoms with Crippen molar-refractivity contribution >= 4 is 39.7 Å². The van der Waals surface area contributed by atoms with Gasteiger partial charge in [0.1, 0.15) is 6.04 Å². The Hall–Kier alpha value is -3.00. The highest BCUT2D eigenvalue weighted by atomic mass is 32.1. The number of nitrogens with one attached hydrogen (secondary N) is 2. The molecule has 3 heterocycles. The van der Waals surface area contributed by atoms with Crippen LogP contribution in [0, 0.1) is 6.92 Å². The molecule has 0 unspecified atom stereocenters. The third-order valence-electron chi connectivity index (χ3n) is 4.61. The lowest BCUT2D eigenvalue weighted by atomic mass is 10.1. The average Bonchev–Trinajstić information content (AvgIpc) is 3.33. The summed E-state index contributed by atoms with van der Waals surface area (Å²) in [6.45, 7) is 4.11. The van der Waals surface area contributed by atoms with Crippen molar-refractivity contribution in [3.63, 3.8) is 0 Å². The molecule has 3 aromatic heterocycles. The molecular weight excluding hydrogens is 372 g/mol. The second-order valence-electron chi connectivity index (χ2n) is 6.67. The first-order valence-corrected chi connectivity index (χ1v) is 10.2. The average molecular weight is 395 g/mol. The Balaban J connectivity index is 1.88. The number of nitrogens with zero attached hydrogens (tertiary/aromatic N) is 4. The molecule has 144 valence electrons. The van der Waals surface area contributed by atoms with E-state index in [1.165, 1.54) is 4.88 Å². The molecule has 0 bridgehead atoms. The summed E-state index contributed by atoms with van der Waals surface area (Å²) in [5, 5.41) is 13.7. The first kappa shape index (κ1) is 18.4. The molecule has 1 aromatic carbocycles. The minimum Gasteiger partial charge on any atom is -0.357 e. The lowest BCUT2D eigenvalue weighted by molar-refractivity contribution is -0.121. The smallest absolute Gasteiger partial charge is 0.242 e. The van der Waals surface area contributed by atoms with Crippen molar-refractivity contribution in [2.75, 3.05) is 12.4 Å². The second kappa shape index (κ2) is 7.55. The van der Waals surface area contributed by atoms with Crippen LogP contribution in [0.2, 0.25) is 0 Å². The van der Waals surface area contributed by atoms with Crippen LogP contribution in [0.25, 0.3) is 27.9 Å². The van der Waals surface area contributed by atoms with E-state index in [2.05, 4.69) is 29.0 Å². The van der Waals surface area contributed by atoms with Gasteiger partial charge in [0.05, 0.1) is 5.52 Å². The Morgan fingerprint density at radius 3 is 2.82 bits per heavy atom. The Kier molecular flexibility index (Phi) is 4.95. The molecule has 0 radical (unpaired) electrons. The molecule has 0 aliphatic heterocycles. The first-order valence-electron chi connectivity index (χ1n) is 9.30. The van der Waals surface area contributed by atoms with E-state index < -0.39 is 0 Å². The molecule has 0 fully saturated rings. The maximum atomic E-state index is 12.3. The number of fused-ring (bicyclic) bond motifs is 3. The van der Waals surface area contributed by atoms with Crippen molar-refractivity contribution in [1.29, 1.82) is 0 Å². The fourth-order valence-corrected chi connectivity index (χ4v) is 3.90. The summed E-state index contributed by atoms with van der Waals surface area (Å²) in [4.78, 5) is 23.0. The van der Waals surface area contributed by atoms with Crippen molar-refractivity contribution in [3.05, 3.63) is 40.6 Å². The van der Waals surface area contributed by atoms with Gasteiger partial charge in [-0.05, 0) is 31.5 Å². The van der Waals surface area contributed by atoms with E-state index in [1.807, 2.05) is 31.2 Å². The number of anilines is 1. The van der Waals surface area contributed by atoms with Gasteiger partial charge in [-0.25, -0.2) is 9.97 Å². The largest absolute Gasteiger partial charge is 0.357 e. The third-order valence-corrected chi connectivity index (χ3v) is 5.47. The highest BCUT2D eigenvalue weighted by molar-refractivity contribution is 7.10. The zero-order valence-corrected chi connectivity index (χ0v) is 16.9. The lowest BCUT2D eigenvalue weighted by Gasteiger charge is -2.17. The molecule has 0 aliphatic carbocycles. The van der Waals surface area contributed by atoms with E-state index >= 15 is 0 Å². The van der Waals surface area contributed by atoms with Crippen LogP contribution in [0.5, 0.6) is 0 Å². The number of thiophene rings is 1. The molecular formula is C20H22N6OS. The SMILES string of the molecule is CCC[C@@H](Nc1nc2ccccc2c2nc(-c3csc(C)c3)nn12)C(=O)NC. The van der Waals surface area contributed by atoms with Crippen LogP contribution in [0.1, 0.15) is 24.6 Å². The summed E-state index contributed by atoms with van der Waals surface area (Å²) in [7, 11) is 1.64. The second-order valence-corrected chi connectivity index (χ2v) is 7.78. The summed E-state index contributed by atoms with van der Waals surface area (Å²) >= 11 is 1.67. The van der Waals surface area contributed by atoms with E-state index in [-0.39, 0.29) is 11.9 Å². The van der Waals surface area contributed by atoms with Crippen LogP contribution in [-0.2, 0) is 4.79 Å². The number of aromatic nitrogens is 4. The highest BCUT2D eigenvalue weighted by Crippen LogP contribution is 2.27. The van der Waals surface area contributed by atoms with Crippen molar-refractivity contribution in [2.24, 2.45) is 0 Å². The summed E-state index contributed by atoms with van der Waals surface area (Å²) in [5.74, 6) is 1.10. The number of benzene rings is 1. The molecule has 8 heteroatoms. The van der Waals surface area contributed by atoms with Gasteiger partial charge in [0, 0.05) is 28.3 Å². The Morgan fingerprint density at radius 1 is 1.29 bits per heavy atom. The number of hydrogen-bond donors (Lipinski definition) is 2. The van der Waals surface area contributed by atoms with Crippen molar-refractivity contribution < 1.29 is 4.79 Å². The summed E-state index contributed by atoms with van der Waals surface area (Å²) in [5.41, 5.74) is 2.52. The third kappa shape index (κ3) is 3.31. The maximum absolute atomic E-state index is 12.3. The predicted molar refractivity (Wildman–Crippen MR) is 113 cm³/mol. The van der Waals surface area contributed by atoms with Crippen molar-refractivity contribution in [3.8, 4) is 11.4 Å². The van der Waals surface area contributed by atoms with Gasteiger partial charge in [-0.1, -0.05) is 25.5 Å². The Labute approximate surface area is 166 Å². The number of rotatable bonds is 6. The zero-order chi connectivity index (χ0) is 19.7. The molecule has 0 saturated heterocycles. The summed E-state index contributed by atoms with van der Waals surface area (Å²) < 4.78 is 1.70. The fraction of sp³-hybridized carbons (Fsp3) is 0.300. The van der Waals surface area contributed by atoms with Crippen LogP contribution in [0.3, 0.4) is 0 Å². The van der Waals surface area contributed by atoms with E-state index in [0.29, 0.717) is 18.2 Å². The molecule has 1 amide bonds. The molecule has 28 heavy (non-hydrogen) atoms. The van der Waals surface area contributed by atoms with E-state index in [4.69, 9.17) is 15.1 Å². The summed E-state index contributed by atoms with van der Waals surface area (Å²) in [6, 6.07) is 9.52. The topological polar surface area (TPSA) is 84.2 Å². The van der Waals surface area contributed by atoms with Gasteiger partial charge in [-0.2, -0.15) is 4.52 Å². The zero-order valence-electron chi connectivity index (χ0n) is 16.1. The molecule has 0 saturated carbocycles. The standard InChI is InChI=1S/C20H22N6OS/c1-4-7-16(19(27)21-3)23-20-22-15-9-6-5-8-14(15)18-24-17(25-26(18)20)13-10-12(2)28-11-13/h5-6,8-11,16H,4,7H2,1-3H3,(H,21,27)(H,22,23)/t16-/m1/s1. The van der Waals surface area contributed by atoms with Gasteiger partial charge in [0.25, 0.3) is 0 Å². The minimum absolute atomic E-state index is 0.0706. The number of likely N-dealkylation sites (N-methyl/N-ethyl adjacent to an activating group) is 1. The monoisotopic (exact) mass is 394 g/mol. The van der Waals surface area contributed by atoms with E-state index in [0.717, 1.165) is 28.5 Å². The molecule has 0 aliphatic rings. The van der Waals surface area contributed by atoms with Gasteiger partial charge in [0.15, 0.2) is 11.5 Å². The first-order chi connectivity index (χ1) is 13.6. The van der Waals surface area contributed by atoms with Gasteiger partial charge in [-0.15, -0.1) is 16.4 Å². The fourth-order valence-electron chi connectivity index (χ4n) is 3.22. The van der Waals surface area contributed by atoms with Gasteiger partial charge >= 0.3 is 0 Å². The quantitative estimate of drug-likeness (QED) is 0.522. The number of carbonyl (C=O) groups is 1. The normalized spacial score (nSPS) is 12.4. The molecule has 4 rings (SSSR count). The minimum atomic E-state index is -0.386. The number of aryl methyl sites for hydroxylation is 1. The van der Waals surface area contributed by atoms with E-state index in [9.17, 15) is 4.79 Å². The number of hydrogen-bond acceptors (Lipinski definition) is 6. The number of amides is 1. The molecule has 7 nitrogen and oxygen atoms in total. The van der Waals surface area contributed by atoms with Crippen LogP contribution < -0.4 is 10.6 Å². The van der Waals surface area contributed by atoms with E-state index in [1.54, 1.807) is 22.9 Å². The molecule has 2 N–H and O–H groups in total. The van der Waals surface area contributed by atoms with Crippen LogP contribution >= 0.6 is 11.3 Å². The molecule has 1 atom stereocenters. The number of para-hydroxylation sites is 1. The molecule has 0 spiro atoms. The highest BCUT2D eigenvalue weighted by Gasteiger charge is 2.21.